The first kappa shape index (κ1) is 13.2. The Morgan fingerprint density at radius 3 is 2.80 bits per heavy atom. The third-order valence-electron chi connectivity index (χ3n) is 2.49. The molecule has 2 rings (SSSR count). The predicted octanol–water partition coefficient (Wildman–Crippen LogP) is 1.49. The van der Waals surface area contributed by atoms with Crippen molar-refractivity contribution in [2.75, 3.05) is 0 Å². The van der Waals surface area contributed by atoms with Crippen LogP contribution in [0.4, 0.5) is 10.1 Å². The van der Waals surface area contributed by atoms with E-state index in [-0.39, 0.29) is 11.5 Å². The number of carboxylic acid groups (broad SMARTS) is 1. The number of nitro groups is 1. The molecule has 1 aromatic carbocycles. The van der Waals surface area contributed by atoms with Gasteiger partial charge in [0.1, 0.15) is 23.1 Å². The van der Waals surface area contributed by atoms with E-state index in [1.54, 1.807) is 6.07 Å². The number of nitro benzene ring substituents is 1. The van der Waals surface area contributed by atoms with Gasteiger partial charge in [0, 0.05) is 24.5 Å². The smallest absolute Gasteiger partial charge is 0.338 e. The van der Waals surface area contributed by atoms with Crippen molar-refractivity contribution in [1.29, 1.82) is 5.26 Å². The molecular weight excluding hydrogens is 271 g/mol. The van der Waals surface area contributed by atoms with Crippen molar-refractivity contribution in [3.05, 3.63) is 51.8 Å². The molecule has 0 unspecified atom stereocenters. The highest BCUT2D eigenvalue weighted by Gasteiger charge is 2.24. The highest BCUT2D eigenvalue weighted by Crippen LogP contribution is 2.27. The molecule has 0 amide bonds. The van der Waals surface area contributed by atoms with E-state index in [0.29, 0.717) is 12.1 Å². The third kappa shape index (κ3) is 2.05. The molecule has 100 valence electrons. The normalized spacial score (nSPS) is 10.0. The molecule has 8 nitrogen and oxygen atoms in total. The summed E-state index contributed by atoms with van der Waals surface area (Å²) in [5.41, 5.74) is -1.73. The van der Waals surface area contributed by atoms with Crippen LogP contribution >= 0.6 is 0 Å². The highest BCUT2D eigenvalue weighted by atomic mass is 19.1. The highest BCUT2D eigenvalue weighted by molar-refractivity contribution is 5.89. The van der Waals surface area contributed by atoms with E-state index >= 15 is 0 Å². The van der Waals surface area contributed by atoms with Gasteiger partial charge in [0.05, 0.1) is 4.92 Å². The van der Waals surface area contributed by atoms with Gasteiger partial charge in [0.15, 0.2) is 0 Å². The zero-order chi connectivity index (χ0) is 14.9. The summed E-state index contributed by atoms with van der Waals surface area (Å²) < 4.78 is 14.7. The van der Waals surface area contributed by atoms with Crippen LogP contribution in [0.25, 0.3) is 5.69 Å². The average molecular weight is 276 g/mol. The number of rotatable bonds is 3. The minimum absolute atomic E-state index is 0.185. The van der Waals surface area contributed by atoms with Gasteiger partial charge < -0.3 is 5.11 Å². The van der Waals surface area contributed by atoms with E-state index in [1.165, 1.54) is 12.4 Å². The lowest BCUT2D eigenvalue weighted by atomic mass is 10.1. The first-order chi connectivity index (χ1) is 9.45. The van der Waals surface area contributed by atoms with Crippen LogP contribution < -0.4 is 0 Å². The molecular formula is C11H5FN4O4. The fourth-order valence-electron chi connectivity index (χ4n) is 1.63. The number of carboxylic acids is 1. The van der Waals surface area contributed by atoms with Crippen molar-refractivity contribution in [1.82, 2.24) is 9.55 Å². The number of imidazole rings is 1. The molecule has 2 aromatic rings. The number of nitrogens with zero attached hydrogens (tertiary/aromatic N) is 4. The van der Waals surface area contributed by atoms with E-state index in [1.807, 2.05) is 0 Å². The van der Waals surface area contributed by atoms with Gasteiger partial charge >= 0.3 is 5.97 Å². The minimum atomic E-state index is -1.62. The second kappa shape index (κ2) is 4.77. The number of nitriles is 1. The molecule has 0 aliphatic carbocycles. The number of hydrogen-bond donors (Lipinski definition) is 1. The third-order valence-corrected chi connectivity index (χ3v) is 2.49. The number of halogens is 1. The summed E-state index contributed by atoms with van der Waals surface area (Å²) in [5, 5.41) is 28.6. The van der Waals surface area contributed by atoms with Crippen molar-refractivity contribution in [2.24, 2.45) is 0 Å². The van der Waals surface area contributed by atoms with Crippen LogP contribution in [0.15, 0.2) is 24.5 Å². The van der Waals surface area contributed by atoms with Gasteiger partial charge in [-0.25, -0.2) is 14.2 Å². The first-order valence-corrected chi connectivity index (χ1v) is 5.10. The Morgan fingerprint density at radius 2 is 2.25 bits per heavy atom. The molecule has 0 bridgehead atoms. The Bertz CT molecular complexity index is 762. The van der Waals surface area contributed by atoms with Gasteiger partial charge in [-0.15, -0.1) is 0 Å². The second-order valence-corrected chi connectivity index (χ2v) is 3.62. The number of hydrogen-bond acceptors (Lipinski definition) is 5. The lowest BCUT2D eigenvalue weighted by molar-refractivity contribution is -0.384. The van der Waals surface area contributed by atoms with Crippen LogP contribution in [0.5, 0.6) is 0 Å². The zero-order valence-electron chi connectivity index (χ0n) is 9.65. The van der Waals surface area contributed by atoms with Gasteiger partial charge in [-0.2, -0.15) is 5.26 Å². The summed E-state index contributed by atoms with van der Waals surface area (Å²) in [5.74, 6) is -2.95. The van der Waals surface area contributed by atoms with Gasteiger partial charge in [0.25, 0.3) is 5.69 Å². The van der Waals surface area contributed by atoms with Crippen molar-refractivity contribution >= 4 is 11.7 Å². The van der Waals surface area contributed by atoms with Crippen molar-refractivity contribution in [2.45, 2.75) is 0 Å². The summed E-state index contributed by atoms with van der Waals surface area (Å²) >= 11 is 0. The van der Waals surface area contributed by atoms with E-state index in [0.717, 1.165) is 4.57 Å². The summed E-state index contributed by atoms with van der Waals surface area (Å²) in [4.78, 5) is 24.5. The molecule has 20 heavy (non-hydrogen) atoms. The Balaban J connectivity index is 2.77. The van der Waals surface area contributed by atoms with Crippen molar-refractivity contribution in [3.63, 3.8) is 0 Å². The van der Waals surface area contributed by atoms with E-state index < -0.39 is 28.0 Å². The lowest BCUT2D eigenvalue weighted by Gasteiger charge is -2.06. The van der Waals surface area contributed by atoms with E-state index in [2.05, 4.69) is 4.98 Å². The van der Waals surface area contributed by atoms with Gasteiger partial charge in [-0.1, -0.05) is 0 Å². The molecule has 0 radical (unpaired) electrons. The minimum Gasteiger partial charge on any atom is -0.478 e. The largest absolute Gasteiger partial charge is 0.478 e. The molecule has 0 aliphatic rings. The Morgan fingerprint density at radius 1 is 1.55 bits per heavy atom. The quantitative estimate of drug-likeness (QED) is 0.669. The van der Waals surface area contributed by atoms with E-state index in [4.69, 9.17) is 10.4 Å². The topological polar surface area (TPSA) is 122 Å². The Hall–Kier alpha value is -3.28. The average Bonchev–Trinajstić information content (AvgIpc) is 2.85. The molecule has 1 aromatic heterocycles. The molecule has 1 N–H and O–H groups in total. The maximum Gasteiger partial charge on any atom is 0.338 e. The molecule has 0 aliphatic heterocycles. The SMILES string of the molecule is N#Cc1nccn1-c1cc(F)c(C(=O)O)cc1[N+](=O)[O-]. The standard InChI is InChI=1S/C11H5FN4O4/c12-7-4-8(15-2-1-14-10(15)5-13)9(16(19)20)3-6(7)11(17)18/h1-4H,(H,17,18). The first-order valence-electron chi connectivity index (χ1n) is 5.10. The van der Waals surface area contributed by atoms with Crippen molar-refractivity contribution < 1.29 is 19.2 Å². The molecule has 0 saturated heterocycles. The van der Waals surface area contributed by atoms with Crippen LogP contribution in [-0.2, 0) is 0 Å². The van der Waals surface area contributed by atoms with Crippen molar-refractivity contribution in [3.8, 4) is 11.8 Å². The van der Waals surface area contributed by atoms with Gasteiger partial charge in [-0.05, 0) is 0 Å². The summed E-state index contributed by atoms with van der Waals surface area (Å²) in [6, 6.07) is 2.98. The molecule has 9 heteroatoms. The Kier molecular flexibility index (Phi) is 3.14. The lowest BCUT2D eigenvalue weighted by Crippen LogP contribution is -2.07. The van der Waals surface area contributed by atoms with Crippen LogP contribution in [0.3, 0.4) is 0 Å². The number of carbonyl (C=O) groups is 1. The van der Waals surface area contributed by atoms with E-state index in [9.17, 15) is 19.3 Å². The monoisotopic (exact) mass is 276 g/mol. The summed E-state index contributed by atoms with van der Waals surface area (Å²) in [6.45, 7) is 0. The molecule has 0 spiro atoms. The summed E-state index contributed by atoms with van der Waals surface area (Å²) in [7, 11) is 0. The Labute approximate surface area is 110 Å². The molecule has 0 saturated carbocycles. The number of aromatic carboxylic acids is 1. The molecule has 0 fully saturated rings. The number of aromatic nitrogens is 2. The molecule has 0 atom stereocenters. The zero-order valence-corrected chi connectivity index (χ0v) is 9.65. The van der Waals surface area contributed by atoms with Gasteiger partial charge in [-0.3, -0.25) is 14.7 Å². The fourth-order valence-corrected chi connectivity index (χ4v) is 1.63. The predicted molar refractivity (Wildman–Crippen MR) is 61.9 cm³/mol. The van der Waals surface area contributed by atoms with Crippen LogP contribution in [0.1, 0.15) is 16.2 Å². The summed E-state index contributed by atoms with van der Waals surface area (Å²) in [6.07, 6.45) is 2.45. The number of benzene rings is 1. The maximum atomic E-state index is 13.7. The van der Waals surface area contributed by atoms with Crippen LogP contribution in [0.2, 0.25) is 0 Å². The van der Waals surface area contributed by atoms with Gasteiger partial charge in [0.2, 0.25) is 5.82 Å². The van der Waals surface area contributed by atoms with Crippen LogP contribution in [-0.4, -0.2) is 25.6 Å². The maximum absolute atomic E-state index is 13.7. The molecule has 1 heterocycles. The van der Waals surface area contributed by atoms with Crippen LogP contribution in [0, 0.1) is 27.3 Å². The second-order valence-electron chi connectivity index (χ2n) is 3.62. The fraction of sp³-hybridized carbons (Fsp3) is 0.